The molecule has 1 aromatic carbocycles. The number of halogens is 3. The average molecular weight is 296 g/mol. The molecule has 4 nitrogen and oxygen atoms in total. The van der Waals surface area contributed by atoms with Crippen molar-refractivity contribution in [2.24, 2.45) is 5.92 Å². The van der Waals surface area contributed by atoms with Gasteiger partial charge in [-0.05, 0) is 25.0 Å². The standard InChI is InChI=1S/C14H15F3N4/c1-8-3-2-4-10(18)12(8)13-20-19-11-6-5-9(7-21(11)13)14(15,16)17/h2-4,9H,5-7,18H2,1H3. The van der Waals surface area contributed by atoms with E-state index in [-0.39, 0.29) is 19.4 Å². The molecule has 0 saturated heterocycles. The highest BCUT2D eigenvalue weighted by Gasteiger charge is 2.42. The monoisotopic (exact) mass is 296 g/mol. The zero-order chi connectivity index (χ0) is 15.2. The smallest absolute Gasteiger partial charge is 0.393 e. The highest BCUT2D eigenvalue weighted by Crippen LogP contribution is 2.37. The Bertz CT molecular complexity index is 655. The van der Waals surface area contributed by atoms with Gasteiger partial charge >= 0.3 is 6.18 Å². The molecular weight excluding hydrogens is 281 g/mol. The topological polar surface area (TPSA) is 56.7 Å². The van der Waals surface area contributed by atoms with Crippen molar-refractivity contribution in [1.82, 2.24) is 14.8 Å². The molecule has 0 radical (unpaired) electrons. The summed E-state index contributed by atoms with van der Waals surface area (Å²) < 4.78 is 40.4. The summed E-state index contributed by atoms with van der Waals surface area (Å²) in [5, 5.41) is 8.09. The van der Waals surface area contributed by atoms with Crippen LogP contribution < -0.4 is 5.73 Å². The lowest BCUT2D eigenvalue weighted by Gasteiger charge is -2.26. The van der Waals surface area contributed by atoms with Crippen LogP contribution in [0.25, 0.3) is 11.4 Å². The predicted octanol–water partition coefficient (Wildman–Crippen LogP) is 2.96. The van der Waals surface area contributed by atoms with Gasteiger partial charge in [0.2, 0.25) is 0 Å². The molecule has 3 rings (SSSR count). The van der Waals surface area contributed by atoms with Crippen molar-refractivity contribution < 1.29 is 13.2 Å². The second-order valence-corrected chi connectivity index (χ2v) is 5.37. The molecule has 1 unspecified atom stereocenters. The second kappa shape index (κ2) is 4.75. The first-order valence-corrected chi connectivity index (χ1v) is 6.72. The summed E-state index contributed by atoms with van der Waals surface area (Å²) in [5.41, 5.74) is 8.00. The van der Waals surface area contributed by atoms with E-state index in [1.165, 1.54) is 0 Å². The molecule has 1 atom stereocenters. The summed E-state index contributed by atoms with van der Waals surface area (Å²) in [6.45, 7) is 1.71. The molecule has 0 amide bonds. The van der Waals surface area contributed by atoms with E-state index in [2.05, 4.69) is 10.2 Å². The molecule has 2 heterocycles. The normalized spacial score (nSPS) is 18.6. The number of nitrogen functional groups attached to an aromatic ring is 1. The fourth-order valence-electron chi connectivity index (χ4n) is 2.78. The highest BCUT2D eigenvalue weighted by atomic mass is 19.4. The van der Waals surface area contributed by atoms with E-state index in [9.17, 15) is 13.2 Å². The van der Waals surface area contributed by atoms with Gasteiger partial charge in [0.05, 0.1) is 5.92 Å². The first kappa shape index (κ1) is 13.9. The van der Waals surface area contributed by atoms with Crippen molar-refractivity contribution in [3.8, 4) is 11.4 Å². The van der Waals surface area contributed by atoms with Gasteiger partial charge in [-0.15, -0.1) is 10.2 Å². The first-order valence-electron chi connectivity index (χ1n) is 6.72. The van der Waals surface area contributed by atoms with E-state index >= 15 is 0 Å². The summed E-state index contributed by atoms with van der Waals surface area (Å²) >= 11 is 0. The molecule has 112 valence electrons. The fraction of sp³-hybridized carbons (Fsp3) is 0.429. The molecule has 2 N–H and O–H groups in total. The zero-order valence-corrected chi connectivity index (χ0v) is 11.5. The Labute approximate surface area is 119 Å². The van der Waals surface area contributed by atoms with Crippen molar-refractivity contribution in [1.29, 1.82) is 0 Å². The molecule has 21 heavy (non-hydrogen) atoms. The van der Waals surface area contributed by atoms with Crippen LogP contribution in [0.2, 0.25) is 0 Å². The summed E-state index contributed by atoms with van der Waals surface area (Å²) in [5.74, 6) is -0.340. The Kier molecular flexibility index (Phi) is 3.15. The Balaban J connectivity index is 2.07. The van der Waals surface area contributed by atoms with Crippen LogP contribution >= 0.6 is 0 Å². The van der Waals surface area contributed by atoms with Gasteiger partial charge in [-0.3, -0.25) is 0 Å². The molecule has 0 saturated carbocycles. The number of aryl methyl sites for hydroxylation is 2. The molecule has 1 aromatic heterocycles. The first-order chi connectivity index (χ1) is 9.88. The van der Waals surface area contributed by atoms with Gasteiger partial charge in [0.25, 0.3) is 0 Å². The minimum absolute atomic E-state index is 0.0604. The van der Waals surface area contributed by atoms with Crippen molar-refractivity contribution in [2.75, 3.05) is 5.73 Å². The van der Waals surface area contributed by atoms with Crippen molar-refractivity contribution in [3.63, 3.8) is 0 Å². The van der Waals surface area contributed by atoms with Gasteiger partial charge in [0.15, 0.2) is 5.82 Å². The lowest BCUT2D eigenvalue weighted by atomic mass is 9.98. The minimum Gasteiger partial charge on any atom is -0.398 e. The van der Waals surface area contributed by atoms with E-state index in [4.69, 9.17) is 5.73 Å². The van der Waals surface area contributed by atoms with Gasteiger partial charge in [-0.1, -0.05) is 12.1 Å². The molecule has 1 aliphatic heterocycles. The number of nitrogens with two attached hydrogens (primary N) is 1. The third-order valence-corrected chi connectivity index (χ3v) is 3.94. The van der Waals surface area contributed by atoms with E-state index in [0.717, 1.165) is 5.56 Å². The Morgan fingerprint density at radius 1 is 1.29 bits per heavy atom. The minimum atomic E-state index is -4.20. The Morgan fingerprint density at radius 3 is 2.71 bits per heavy atom. The molecule has 0 aliphatic carbocycles. The van der Waals surface area contributed by atoms with Crippen molar-refractivity contribution >= 4 is 5.69 Å². The molecule has 2 aromatic rings. The number of nitrogens with zero attached hydrogens (tertiary/aromatic N) is 3. The number of aromatic nitrogens is 3. The zero-order valence-electron chi connectivity index (χ0n) is 11.5. The van der Waals surface area contributed by atoms with Gasteiger partial charge in [0.1, 0.15) is 5.82 Å². The lowest BCUT2D eigenvalue weighted by molar-refractivity contribution is -0.182. The Morgan fingerprint density at radius 2 is 2.05 bits per heavy atom. The molecule has 0 fully saturated rings. The molecule has 7 heteroatoms. The average Bonchev–Trinajstić information content (AvgIpc) is 2.81. The van der Waals surface area contributed by atoms with E-state index in [1.54, 1.807) is 16.7 Å². The Hall–Kier alpha value is -2.05. The van der Waals surface area contributed by atoms with Gasteiger partial charge in [-0.25, -0.2) is 0 Å². The lowest BCUT2D eigenvalue weighted by Crippen LogP contribution is -2.32. The maximum absolute atomic E-state index is 13.0. The van der Waals surface area contributed by atoms with E-state index in [1.807, 2.05) is 13.0 Å². The van der Waals surface area contributed by atoms with Crippen LogP contribution in [0, 0.1) is 12.8 Å². The van der Waals surface area contributed by atoms with Crippen LogP contribution in [0.1, 0.15) is 17.8 Å². The van der Waals surface area contributed by atoms with Crippen LogP contribution in [0.3, 0.4) is 0 Å². The van der Waals surface area contributed by atoms with Crippen LogP contribution in [-0.4, -0.2) is 20.9 Å². The van der Waals surface area contributed by atoms with Crippen LogP contribution in [0.5, 0.6) is 0 Å². The quantitative estimate of drug-likeness (QED) is 0.823. The van der Waals surface area contributed by atoms with Crippen molar-refractivity contribution in [3.05, 3.63) is 29.6 Å². The molecular formula is C14H15F3N4. The maximum atomic E-state index is 13.0. The fourth-order valence-corrected chi connectivity index (χ4v) is 2.78. The van der Waals surface area contributed by atoms with E-state index in [0.29, 0.717) is 22.9 Å². The number of alkyl halides is 3. The van der Waals surface area contributed by atoms with Gasteiger partial charge < -0.3 is 10.3 Å². The summed E-state index contributed by atoms with van der Waals surface area (Å²) in [4.78, 5) is 0. The predicted molar refractivity (Wildman–Crippen MR) is 72.5 cm³/mol. The number of rotatable bonds is 1. The number of fused-ring (bicyclic) bond motifs is 1. The second-order valence-electron chi connectivity index (χ2n) is 5.37. The highest BCUT2D eigenvalue weighted by molar-refractivity contribution is 5.75. The van der Waals surface area contributed by atoms with Crippen LogP contribution in [0.15, 0.2) is 18.2 Å². The third-order valence-electron chi connectivity index (χ3n) is 3.94. The van der Waals surface area contributed by atoms with Crippen LogP contribution in [0.4, 0.5) is 18.9 Å². The van der Waals surface area contributed by atoms with E-state index < -0.39 is 12.1 Å². The largest absolute Gasteiger partial charge is 0.398 e. The summed E-state index contributed by atoms with van der Waals surface area (Å²) in [6, 6.07) is 5.38. The number of benzene rings is 1. The summed E-state index contributed by atoms with van der Waals surface area (Å²) in [7, 11) is 0. The van der Waals surface area contributed by atoms with Gasteiger partial charge in [-0.2, -0.15) is 13.2 Å². The SMILES string of the molecule is Cc1cccc(N)c1-c1nnc2n1CC(C(F)(F)F)CC2. The maximum Gasteiger partial charge on any atom is 0.393 e. The van der Waals surface area contributed by atoms with Crippen molar-refractivity contribution in [2.45, 2.75) is 32.5 Å². The van der Waals surface area contributed by atoms with Crippen LogP contribution in [-0.2, 0) is 13.0 Å². The van der Waals surface area contributed by atoms with Gasteiger partial charge in [0, 0.05) is 24.2 Å². The number of hydrogen-bond acceptors (Lipinski definition) is 3. The third kappa shape index (κ3) is 2.36. The molecule has 1 aliphatic rings. The number of anilines is 1. The molecule has 0 bridgehead atoms. The molecule has 0 spiro atoms. The number of hydrogen-bond donors (Lipinski definition) is 1. The summed E-state index contributed by atoms with van der Waals surface area (Å²) in [6.07, 6.45) is -3.86.